The summed E-state index contributed by atoms with van der Waals surface area (Å²) in [7, 11) is 0. The van der Waals surface area contributed by atoms with Gasteiger partial charge in [0.15, 0.2) is 5.76 Å². The Morgan fingerprint density at radius 1 is 1.07 bits per heavy atom. The van der Waals surface area contributed by atoms with Crippen LogP contribution >= 0.6 is 0 Å². The number of esters is 1. The lowest BCUT2D eigenvalue weighted by Gasteiger charge is -2.34. The van der Waals surface area contributed by atoms with E-state index in [1.165, 1.54) is 11.2 Å². The summed E-state index contributed by atoms with van der Waals surface area (Å²) in [6, 6.07) is 19.1. The van der Waals surface area contributed by atoms with E-state index in [2.05, 4.69) is 6.07 Å². The van der Waals surface area contributed by atoms with Crippen molar-refractivity contribution in [2.75, 3.05) is 0 Å². The number of hydrogen-bond donors (Lipinski definition) is 0. The molecule has 0 saturated heterocycles. The van der Waals surface area contributed by atoms with Crippen LogP contribution in [0.1, 0.15) is 32.8 Å². The lowest BCUT2D eigenvalue weighted by atomic mass is 9.93. The first-order valence-electron chi connectivity index (χ1n) is 9.22. The molecule has 2 heterocycles. The lowest BCUT2D eigenvalue weighted by molar-refractivity contribution is -0.151. The van der Waals surface area contributed by atoms with Crippen molar-refractivity contribution in [2.24, 2.45) is 0 Å². The summed E-state index contributed by atoms with van der Waals surface area (Å²) in [6.07, 6.45) is 1.82. The fraction of sp³-hybridized carbons (Fsp3) is 0.174. The van der Waals surface area contributed by atoms with E-state index in [1.54, 1.807) is 36.4 Å². The van der Waals surface area contributed by atoms with Crippen molar-refractivity contribution < 1.29 is 18.7 Å². The lowest BCUT2D eigenvalue weighted by Crippen LogP contribution is -2.49. The molecular formula is C23H18N2O4. The molecule has 0 N–H and O–H groups in total. The molecule has 3 aromatic rings. The van der Waals surface area contributed by atoms with Crippen LogP contribution in [0.3, 0.4) is 0 Å². The summed E-state index contributed by atoms with van der Waals surface area (Å²) >= 11 is 0. The Hall–Kier alpha value is -3.85. The van der Waals surface area contributed by atoms with Gasteiger partial charge in [0.1, 0.15) is 12.6 Å². The van der Waals surface area contributed by atoms with Gasteiger partial charge >= 0.3 is 5.97 Å². The molecule has 0 fully saturated rings. The molecule has 6 heteroatoms. The molecule has 1 amide bonds. The van der Waals surface area contributed by atoms with Gasteiger partial charge in [-0.3, -0.25) is 4.79 Å². The summed E-state index contributed by atoms with van der Waals surface area (Å²) in [6.45, 7) is 0.387. The van der Waals surface area contributed by atoms with Crippen molar-refractivity contribution in [2.45, 2.75) is 25.6 Å². The minimum Gasteiger partial charge on any atom is -0.459 e. The van der Waals surface area contributed by atoms with E-state index < -0.39 is 12.0 Å². The van der Waals surface area contributed by atoms with Crippen LogP contribution in [0.25, 0.3) is 0 Å². The molecule has 29 heavy (non-hydrogen) atoms. The molecule has 1 aromatic heterocycles. The number of benzene rings is 2. The number of amides is 1. The smallest absolute Gasteiger partial charge is 0.329 e. The predicted octanol–water partition coefficient (Wildman–Crippen LogP) is 3.46. The average Bonchev–Trinajstić information content (AvgIpc) is 3.31. The van der Waals surface area contributed by atoms with Crippen molar-refractivity contribution >= 4 is 11.9 Å². The number of hydrogen-bond acceptors (Lipinski definition) is 5. The largest absolute Gasteiger partial charge is 0.459 e. The number of carbonyl (C=O) groups excluding carboxylic acids is 2. The maximum atomic E-state index is 12.9. The fourth-order valence-electron chi connectivity index (χ4n) is 3.41. The topological polar surface area (TPSA) is 83.5 Å². The van der Waals surface area contributed by atoms with E-state index in [1.807, 2.05) is 24.3 Å². The zero-order valence-corrected chi connectivity index (χ0v) is 15.6. The third kappa shape index (κ3) is 3.90. The molecule has 4 rings (SSSR count). The summed E-state index contributed by atoms with van der Waals surface area (Å²) in [5.41, 5.74) is 3.34. The van der Waals surface area contributed by atoms with Gasteiger partial charge in [-0.25, -0.2) is 4.79 Å². The molecule has 6 nitrogen and oxygen atoms in total. The Morgan fingerprint density at radius 3 is 2.52 bits per heavy atom. The first-order chi connectivity index (χ1) is 14.2. The van der Waals surface area contributed by atoms with Gasteiger partial charge in [0.2, 0.25) is 0 Å². The third-order valence-electron chi connectivity index (χ3n) is 4.98. The summed E-state index contributed by atoms with van der Waals surface area (Å²) in [5.74, 6) is -0.622. The van der Waals surface area contributed by atoms with E-state index >= 15 is 0 Å². The second-order valence-corrected chi connectivity index (χ2v) is 6.82. The van der Waals surface area contributed by atoms with E-state index in [9.17, 15) is 9.59 Å². The van der Waals surface area contributed by atoms with Crippen molar-refractivity contribution in [1.29, 1.82) is 5.26 Å². The van der Waals surface area contributed by atoms with Crippen LogP contribution in [0.15, 0.2) is 71.3 Å². The zero-order chi connectivity index (χ0) is 20.2. The van der Waals surface area contributed by atoms with Crippen LogP contribution in [-0.4, -0.2) is 22.8 Å². The monoisotopic (exact) mass is 386 g/mol. The zero-order valence-electron chi connectivity index (χ0n) is 15.6. The first-order valence-corrected chi connectivity index (χ1v) is 9.22. The molecule has 0 spiro atoms. The number of ether oxygens (including phenoxy) is 1. The van der Waals surface area contributed by atoms with Gasteiger partial charge in [-0.1, -0.05) is 36.4 Å². The Morgan fingerprint density at radius 2 is 1.83 bits per heavy atom. The second-order valence-electron chi connectivity index (χ2n) is 6.82. The number of fused-ring (bicyclic) bond motifs is 1. The molecule has 2 aromatic carbocycles. The normalized spacial score (nSPS) is 15.3. The van der Waals surface area contributed by atoms with Gasteiger partial charge in [0.25, 0.3) is 5.91 Å². The van der Waals surface area contributed by atoms with Gasteiger partial charge in [-0.15, -0.1) is 0 Å². The Labute approximate surface area is 167 Å². The SMILES string of the molecule is N#Cc1ccc(COC(=O)[C@H]2Cc3ccccc3CN2C(=O)c2ccco2)cc1. The Bertz CT molecular complexity index is 1070. The molecule has 1 atom stereocenters. The molecule has 0 unspecified atom stereocenters. The Balaban J connectivity index is 1.54. The molecule has 0 radical (unpaired) electrons. The molecule has 1 aliphatic rings. The van der Waals surface area contributed by atoms with Crippen molar-refractivity contribution in [1.82, 2.24) is 4.90 Å². The minimum absolute atomic E-state index is 0.0749. The van der Waals surface area contributed by atoms with Crippen molar-refractivity contribution in [3.63, 3.8) is 0 Å². The van der Waals surface area contributed by atoms with Crippen molar-refractivity contribution in [3.05, 3.63) is 94.9 Å². The predicted molar refractivity (Wildman–Crippen MR) is 103 cm³/mol. The van der Waals surface area contributed by atoms with E-state index in [-0.39, 0.29) is 18.3 Å². The van der Waals surface area contributed by atoms with Crippen LogP contribution in [0.2, 0.25) is 0 Å². The molecule has 144 valence electrons. The number of nitrogens with zero attached hydrogens (tertiary/aromatic N) is 2. The number of carbonyl (C=O) groups is 2. The molecule has 0 bridgehead atoms. The Kier molecular flexibility index (Phi) is 5.12. The van der Waals surface area contributed by atoms with Crippen LogP contribution in [0.4, 0.5) is 0 Å². The van der Waals surface area contributed by atoms with Crippen LogP contribution < -0.4 is 0 Å². The highest BCUT2D eigenvalue weighted by Gasteiger charge is 2.36. The van der Waals surface area contributed by atoms with Gasteiger partial charge in [0.05, 0.1) is 17.9 Å². The fourth-order valence-corrected chi connectivity index (χ4v) is 3.41. The maximum Gasteiger partial charge on any atom is 0.329 e. The van der Waals surface area contributed by atoms with E-state index in [0.717, 1.165) is 16.7 Å². The summed E-state index contributed by atoms with van der Waals surface area (Å²) in [4.78, 5) is 27.3. The highest BCUT2D eigenvalue weighted by molar-refractivity contribution is 5.95. The first kappa shape index (κ1) is 18.5. The summed E-state index contributed by atoms with van der Waals surface area (Å²) < 4.78 is 10.8. The van der Waals surface area contributed by atoms with Gasteiger partial charge in [0, 0.05) is 13.0 Å². The van der Waals surface area contributed by atoms with Crippen LogP contribution in [-0.2, 0) is 29.1 Å². The van der Waals surface area contributed by atoms with Gasteiger partial charge in [-0.05, 0) is 41.0 Å². The van der Waals surface area contributed by atoms with Gasteiger partial charge in [-0.2, -0.15) is 5.26 Å². The van der Waals surface area contributed by atoms with Crippen LogP contribution in [0.5, 0.6) is 0 Å². The number of nitriles is 1. The standard InChI is InChI=1S/C23H18N2O4/c24-13-16-7-9-17(10-8-16)15-29-23(27)20-12-18-4-1-2-5-19(18)14-25(20)22(26)21-6-3-11-28-21/h1-11,20H,12,14-15H2/t20-/m1/s1. The molecular weight excluding hydrogens is 368 g/mol. The quantitative estimate of drug-likeness (QED) is 0.641. The second kappa shape index (κ2) is 8.03. The highest BCUT2D eigenvalue weighted by Crippen LogP contribution is 2.26. The highest BCUT2D eigenvalue weighted by atomic mass is 16.5. The maximum absolute atomic E-state index is 12.9. The van der Waals surface area contributed by atoms with E-state index in [0.29, 0.717) is 18.5 Å². The van der Waals surface area contributed by atoms with E-state index in [4.69, 9.17) is 14.4 Å². The molecule has 1 aliphatic heterocycles. The molecule has 0 saturated carbocycles. The molecule has 0 aliphatic carbocycles. The van der Waals surface area contributed by atoms with Crippen LogP contribution in [0, 0.1) is 11.3 Å². The summed E-state index contributed by atoms with van der Waals surface area (Å²) in [5, 5.41) is 8.88. The van der Waals surface area contributed by atoms with Gasteiger partial charge < -0.3 is 14.1 Å². The minimum atomic E-state index is -0.735. The van der Waals surface area contributed by atoms with Crippen molar-refractivity contribution in [3.8, 4) is 6.07 Å². The third-order valence-corrected chi connectivity index (χ3v) is 4.98. The average molecular weight is 386 g/mol. The number of rotatable bonds is 4. The number of furan rings is 1.